The molecule has 0 saturated heterocycles. The lowest BCUT2D eigenvalue weighted by Crippen LogP contribution is -2.17. The number of rotatable bonds is 3. The Bertz CT molecular complexity index is 267. The molecule has 74 valence electrons. The molecular formula is C11H18BrN. The fourth-order valence-electron chi connectivity index (χ4n) is 1.48. The van der Waals surface area contributed by atoms with Gasteiger partial charge < -0.3 is 4.98 Å². The summed E-state index contributed by atoms with van der Waals surface area (Å²) in [6.07, 6.45) is 3.23. The van der Waals surface area contributed by atoms with Crippen LogP contribution in [0.5, 0.6) is 0 Å². The zero-order valence-corrected chi connectivity index (χ0v) is 10.5. The van der Waals surface area contributed by atoms with E-state index in [0.29, 0.717) is 5.41 Å². The maximum atomic E-state index is 3.56. The Morgan fingerprint density at radius 3 is 2.38 bits per heavy atom. The first-order valence-corrected chi connectivity index (χ1v) is 5.78. The van der Waals surface area contributed by atoms with Gasteiger partial charge >= 0.3 is 0 Å². The number of aromatic amines is 1. The number of aryl methyl sites for hydroxylation is 2. The first-order valence-electron chi connectivity index (χ1n) is 4.66. The maximum absolute atomic E-state index is 3.56. The Balaban J connectivity index is 2.85. The Morgan fingerprint density at radius 2 is 2.00 bits per heavy atom. The van der Waals surface area contributed by atoms with Crippen molar-refractivity contribution in [3.05, 3.63) is 23.0 Å². The van der Waals surface area contributed by atoms with Crippen molar-refractivity contribution in [3.63, 3.8) is 0 Å². The third-order valence-corrected chi connectivity index (χ3v) is 3.97. The summed E-state index contributed by atoms with van der Waals surface area (Å²) in [4.78, 5) is 3.27. The van der Waals surface area contributed by atoms with Crippen LogP contribution in [0.3, 0.4) is 0 Å². The van der Waals surface area contributed by atoms with Crippen LogP contribution in [0.2, 0.25) is 0 Å². The molecule has 1 heterocycles. The number of aromatic nitrogens is 1. The first-order chi connectivity index (χ1) is 5.96. The lowest BCUT2D eigenvalue weighted by atomic mass is 9.87. The Labute approximate surface area is 89.1 Å². The van der Waals surface area contributed by atoms with Gasteiger partial charge in [-0.1, -0.05) is 29.8 Å². The molecule has 13 heavy (non-hydrogen) atoms. The van der Waals surface area contributed by atoms with E-state index in [1.807, 2.05) is 0 Å². The van der Waals surface area contributed by atoms with Gasteiger partial charge in [-0.3, -0.25) is 0 Å². The molecule has 1 rings (SSSR count). The van der Waals surface area contributed by atoms with Crippen LogP contribution in [-0.2, 0) is 6.42 Å². The monoisotopic (exact) mass is 243 g/mol. The van der Waals surface area contributed by atoms with Crippen LogP contribution < -0.4 is 0 Å². The van der Waals surface area contributed by atoms with Crippen molar-refractivity contribution in [3.8, 4) is 0 Å². The highest BCUT2D eigenvalue weighted by atomic mass is 79.9. The molecule has 2 heteroatoms. The summed E-state index contributed by atoms with van der Waals surface area (Å²) >= 11 is 3.56. The van der Waals surface area contributed by atoms with Gasteiger partial charge in [-0.2, -0.15) is 0 Å². The van der Waals surface area contributed by atoms with Crippen molar-refractivity contribution in [2.45, 2.75) is 34.1 Å². The normalized spacial score (nSPS) is 12.1. The molecule has 0 aliphatic rings. The average molecular weight is 244 g/mol. The molecule has 0 bridgehead atoms. The molecule has 0 amide bonds. The van der Waals surface area contributed by atoms with Crippen LogP contribution in [0.1, 0.15) is 30.7 Å². The third-order valence-electron chi connectivity index (χ3n) is 2.45. The summed E-state index contributed by atoms with van der Waals surface area (Å²) in [6, 6.07) is 0. The second kappa shape index (κ2) is 3.87. The Morgan fingerprint density at radius 1 is 1.38 bits per heavy atom. The summed E-state index contributed by atoms with van der Waals surface area (Å²) in [5.41, 5.74) is 4.51. The van der Waals surface area contributed by atoms with E-state index in [0.717, 1.165) is 11.8 Å². The first kappa shape index (κ1) is 10.8. The Hall–Kier alpha value is -0.240. The Kier molecular flexibility index (Phi) is 3.23. The molecule has 0 unspecified atom stereocenters. The standard InChI is InChI=1S/C11H18BrN/c1-8-6-13-9(2)10(8)5-11(3,4)7-12/h6,13H,5,7H2,1-4H3. The van der Waals surface area contributed by atoms with Gasteiger partial charge in [0, 0.05) is 17.2 Å². The topological polar surface area (TPSA) is 15.8 Å². The van der Waals surface area contributed by atoms with E-state index in [-0.39, 0.29) is 0 Å². The minimum atomic E-state index is 0.345. The van der Waals surface area contributed by atoms with E-state index in [2.05, 4.69) is 54.8 Å². The van der Waals surface area contributed by atoms with E-state index in [4.69, 9.17) is 0 Å². The molecule has 1 N–H and O–H groups in total. The van der Waals surface area contributed by atoms with Gasteiger partial charge in [0.15, 0.2) is 0 Å². The zero-order valence-electron chi connectivity index (χ0n) is 8.87. The summed E-state index contributed by atoms with van der Waals surface area (Å²) in [6.45, 7) is 8.89. The van der Waals surface area contributed by atoms with Crippen LogP contribution in [-0.4, -0.2) is 10.3 Å². The molecular weight excluding hydrogens is 226 g/mol. The smallest absolute Gasteiger partial charge is 0.0151 e. The highest BCUT2D eigenvalue weighted by Crippen LogP contribution is 2.27. The van der Waals surface area contributed by atoms with E-state index < -0.39 is 0 Å². The minimum Gasteiger partial charge on any atom is -0.365 e. The van der Waals surface area contributed by atoms with Crippen molar-refractivity contribution in [1.29, 1.82) is 0 Å². The third kappa shape index (κ3) is 2.60. The number of halogens is 1. The predicted octanol–water partition coefficient (Wildman–Crippen LogP) is 3.60. The summed E-state index contributed by atoms with van der Waals surface area (Å²) in [5.74, 6) is 0. The van der Waals surface area contributed by atoms with Gasteiger partial charge in [0.2, 0.25) is 0 Å². The minimum absolute atomic E-state index is 0.345. The summed E-state index contributed by atoms with van der Waals surface area (Å²) in [7, 11) is 0. The molecule has 0 saturated carbocycles. The molecule has 0 fully saturated rings. The SMILES string of the molecule is Cc1c[nH]c(C)c1CC(C)(C)CBr. The summed E-state index contributed by atoms with van der Waals surface area (Å²) < 4.78 is 0. The predicted molar refractivity (Wildman–Crippen MR) is 61.5 cm³/mol. The van der Waals surface area contributed by atoms with Gasteiger partial charge in [-0.05, 0) is 36.8 Å². The fraction of sp³-hybridized carbons (Fsp3) is 0.636. The van der Waals surface area contributed by atoms with Gasteiger partial charge in [0.1, 0.15) is 0 Å². The number of H-pyrrole nitrogens is 1. The van der Waals surface area contributed by atoms with Crippen LogP contribution in [0, 0.1) is 19.3 Å². The number of nitrogens with one attached hydrogen (secondary N) is 1. The molecule has 0 aliphatic carbocycles. The second-order valence-corrected chi connectivity index (χ2v) is 5.11. The van der Waals surface area contributed by atoms with Crippen molar-refractivity contribution in [2.24, 2.45) is 5.41 Å². The van der Waals surface area contributed by atoms with Gasteiger partial charge in [-0.25, -0.2) is 0 Å². The van der Waals surface area contributed by atoms with Gasteiger partial charge in [-0.15, -0.1) is 0 Å². The van der Waals surface area contributed by atoms with Crippen LogP contribution in [0.25, 0.3) is 0 Å². The second-order valence-electron chi connectivity index (χ2n) is 4.55. The lowest BCUT2D eigenvalue weighted by Gasteiger charge is -2.21. The largest absolute Gasteiger partial charge is 0.365 e. The lowest BCUT2D eigenvalue weighted by molar-refractivity contribution is 0.423. The molecule has 0 spiro atoms. The number of alkyl halides is 1. The maximum Gasteiger partial charge on any atom is 0.0151 e. The number of hydrogen-bond donors (Lipinski definition) is 1. The zero-order chi connectivity index (χ0) is 10.1. The molecule has 0 aromatic carbocycles. The van der Waals surface area contributed by atoms with Crippen LogP contribution in [0.15, 0.2) is 6.20 Å². The highest BCUT2D eigenvalue weighted by Gasteiger charge is 2.19. The van der Waals surface area contributed by atoms with E-state index in [1.165, 1.54) is 16.8 Å². The molecule has 1 aromatic heterocycles. The van der Waals surface area contributed by atoms with Crippen molar-refractivity contribution in [2.75, 3.05) is 5.33 Å². The fourth-order valence-corrected chi connectivity index (χ4v) is 1.68. The molecule has 0 aliphatic heterocycles. The van der Waals surface area contributed by atoms with E-state index in [1.54, 1.807) is 0 Å². The average Bonchev–Trinajstić information content (AvgIpc) is 2.36. The number of hydrogen-bond acceptors (Lipinski definition) is 0. The summed E-state index contributed by atoms with van der Waals surface area (Å²) in [5, 5.41) is 1.05. The molecule has 1 nitrogen and oxygen atoms in total. The van der Waals surface area contributed by atoms with E-state index >= 15 is 0 Å². The van der Waals surface area contributed by atoms with Gasteiger partial charge in [0.25, 0.3) is 0 Å². The van der Waals surface area contributed by atoms with Crippen LogP contribution >= 0.6 is 15.9 Å². The molecule has 0 atom stereocenters. The molecule has 0 radical (unpaired) electrons. The van der Waals surface area contributed by atoms with Crippen LogP contribution in [0.4, 0.5) is 0 Å². The quantitative estimate of drug-likeness (QED) is 0.782. The van der Waals surface area contributed by atoms with E-state index in [9.17, 15) is 0 Å². The molecule has 1 aromatic rings. The van der Waals surface area contributed by atoms with Gasteiger partial charge in [0.05, 0.1) is 0 Å². The van der Waals surface area contributed by atoms with Crippen molar-refractivity contribution in [1.82, 2.24) is 4.98 Å². The van der Waals surface area contributed by atoms with Crippen molar-refractivity contribution >= 4 is 15.9 Å². The van der Waals surface area contributed by atoms with Crippen molar-refractivity contribution < 1.29 is 0 Å². The highest BCUT2D eigenvalue weighted by molar-refractivity contribution is 9.09.